The third kappa shape index (κ3) is 17.8. The molecule has 0 saturated carbocycles. The van der Waals surface area contributed by atoms with Gasteiger partial charge in [-0.2, -0.15) is 0 Å². The number of rotatable bonds is 7. The second kappa shape index (κ2) is 11.7. The van der Waals surface area contributed by atoms with Crippen LogP contribution in [0.2, 0.25) is 0 Å². The van der Waals surface area contributed by atoms with E-state index in [0.717, 1.165) is 23.3 Å². The van der Waals surface area contributed by atoms with Crippen molar-refractivity contribution in [2.24, 2.45) is 0 Å². The van der Waals surface area contributed by atoms with Crippen molar-refractivity contribution in [2.45, 2.75) is 25.8 Å². The lowest BCUT2D eigenvalue weighted by Crippen LogP contribution is -3.00. The third-order valence-corrected chi connectivity index (χ3v) is 2.26. The van der Waals surface area contributed by atoms with Crippen LogP contribution in [0.1, 0.15) is 19.8 Å². The lowest BCUT2D eigenvalue weighted by atomic mass is 10.2. The molecule has 0 aliphatic heterocycles. The summed E-state index contributed by atoms with van der Waals surface area (Å²) in [5, 5.41) is 3.46. The van der Waals surface area contributed by atoms with Crippen LogP contribution < -0.4 is 29.3 Å². The predicted molar refractivity (Wildman–Crippen MR) is 67.6 cm³/mol. The van der Waals surface area contributed by atoms with Crippen LogP contribution in [-0.2, 0) is 0 Å². The van der Waals surface area contributed by atoms with Crippen molar-refractivity contribution >= 4 is 24.0 Å². The molecular weight excluding hydrogens is 346 g/mol. The zero-order valence-corrected chi connectivity index (χ0v) is 14.0. The van der Waals surface area contributed by atoms with Crippen molar-refractivity contribution in [3.05, 3.63) is 0 Å². The van der Waals surface area contributed by atoms with Gasteiger partial charge in [-0.05, 0) is 13.3 Å². The molecule has 0 spiro atoms. The van der Waals surface area contributed by atoms with Gasteiger partial charge >= 0.3 is 0 Å². The van der Waals surface area contributed by atoms with E-state index in [1.807, 2.05) is 0 Å². The average molecular weight is 371 g/mol. The van der Waals surface area contributed by atoms with E-state index in [2.05, 4.69) is 33.4 Å². The number of halogens is 3. The smallest absolute Gasteiger partial charge is 0.0792 e. The Kier molecular flexibility index (Phi) is 16.8. The zero-order chi connectivity index (χ0) is 10.3. The number of nitrogens with zero attached hydrogens (tertiary/aromatic N) is 1. The van der Waals surface area contributed by atoms with Gasteiger partial charge in [0.2, 0.25) is 0 Å². The summed E-state index contributed by atoms with van der Waals surface area (Å²) in [4.78, 5) is 0. The van der Waals surface area contributed by atoms with Gasteiger partial charge in [0, 0.05) is 24.9 Å². The molecule has 96 valence electrons. The van der Waals surface area contributed by atoms with Crippen molar-refractivity contribution in [1.29, 1.82) is 0 Å². The summed E-state index contributed by atoms with van der Waals surface area (Å²) >= 11 is 5.64. The normalized spacial score (nSPS) is 12.6. The number of alkyl halides is 1. The molecule has 0 aliphatic rings. The van der Waals surface area contributed by atoms with E-state index in [1.165, 1.54) is 13.0 Å². The van der Waals surface area contributed by atoms with Crippen LogP contribution in [-0.4, -0.2) is 50.6 Å². The van der Waals surface area contributed by atoms with Gasteiger partial charge < -0.3 is 33.8 Å². The molecule has 0 aromatic carbocycles. The lowest BCUT2D eigenvalue weighted by Gasteiger charge is -2.24. The molecule has 0 rings (SSSR count). The van der Waals surface area contributed by atoms with Gasteiger partial charge in [-0.1, -0.05) is 0 Å². The molecule has 0 aromatic rings. The maximum absolute atomic E-state index is 5.64. The minimum atomic E-state index is 0. The molecule has 1 atom stereocenters. The van der Waals surface area contributed by atoms with Gasteiger partial charge in [0.05, 0.1) is 27.7 Å². The molecule has 0 amide bonds. The van der Waals surface area contributed by atoms with E-state index in [4.69, 9.17) is 11.6 Å². The summed E-state index contributed by atoms with van der Waals surface area (Å²) < 4.78 is 1.05. The Morgan fingerprint density at radius 3 is 2.20 bits per heavy atom. The van der Waals surface area contributed by atoms with Crippen molar-refractivity contribution in [2.75, 3.05) is 40.1 Å². The van der Waals surface area contributed by atoms with Crippen molar-refractivity contribution in [3.8, 4) is 0 Å². The molecule has 0 heterocycles. The van der Waals surface area contributed by atoms with E-state index < -0.39 is 0 Å². The minimum absolute atomic E-state index is 0. The van der Waals surface area contributed by atoms with Gasteiger partial charge in [0.25, 0.3) is 0 Å². The molecule has 0 aromatic heterocycles. The van der Waals surface area contributed by atoms with Crippen LogP contribution in [0.15, 0.2) is 0 Å². The summed E-state index contributed by atoms with van der Waals surface area (Å²) in [6, 6.07) is 0.560. The first-order valence-electron chi connectivity index (χ1n) is 5.05. The van der Waals surface area contributed by atoms with E-state index in [1.54, 1.807) is 0 Å². The van der Waals surface area contributed by atoms with Crippen molar-refractivity contribution in [1.82, 2.24) is 5.32 Å². The Morgan fingerprint density at radius 2 is 1.80 bits per heavy atom. The van der Waals surface area contributed by atoms with Crippen LogP contribution in [0.25, 0.3) is 0 Å². The maximum Gasteiger partial charge on any atom is 0.0792 e. The Hall–Kier alpha value is 1.23. The first kappa shape index (κ1) is 21.5. The standard InChI is InChI=1S/C10H24ClN2.ClH.HI/c1-10(6-7-11)12-8-5-9-13(2,3)4;;/h10,12H,5-9H2,1-4H3;2*1H/q+1;;/p-1. The molecule has 15 heavy (non-hydrogen) atoms. The van der Waals surface area contributed by atoms with E-state index in [0.29, 0.717) is 6.04 Å². The summed E-state index contributed by atoms with van der Waals surface area (Å²) in [6.45, 7) is 4.52. The molecule has 0 bridgehead atoms. The van der Waals surface area contributed by atoms with Gasteiger partial charge in [-0.25, -0.2) is 0 Å². The summed E-state index contributed by atoms with van der Waals surface area (Å²) in [5.74, 6) is 0.753. The molecule has 0 aliphatic carbocycles. The van der Waals surface area contributed by atoms with Crippen LogP contribution in [0.5, 0.6) is 0 Å². The van der Waals surface area contributed by atoms with E-state index >= 15 is 0 Å². The van der Waals surface area contributed by atoms with Crippen molar-refractivity contribution < 1.29 is 28.5 Å². The second-order valence-electron chi connectivity index (χ2n) is 4.70. The topological polar surface area (TPSA) is 12.0 Å². The van der Waals surface area contributed by atoms with Crippen LogP contribution in [0, 0.1) is 0 Å². The number of quaternary nitrogens is 1. The Bertz CT molecular complexity index is 129. The highest BCUT2D eigenvalue weighted by atomic mass is 127. The highest BCUT2D eigenvalue weighted by Crippen LogP contribution is 1.95. The fourth-order valence-electron chi connectivity index (χ4n) is 1.17. The fraction of sp³-hybridized carbons (Fsp3) is 1.00. The molecule has 5 heteroatoms. The van der Waals surface area contributed by atoms with Crippen LogP contribution in [0.4, 0.5) is 0 Å². The summed E-state index contributed by atoms with van der Waals surface area (Å²) in [5.41, 5.74) is 0. The number of hydrogen-bond donors (Lipinski definition) is 1. The van der Waals surface area contributed by atoms with Crippen molar-refractivity contribution in [3.63, 3.8) is 0 Å². The Morgan fingerprint density at radius 1 is 1.27 bits per heavy atom. The van der Waals surface area contributed by atoms with E-state index in [9.17, 15) is 0 Å². The highest BCUT2D eigenvalue weighted by Gasteiger charge is 2.06. The minimum Gasteiger partial charge on any atom is -1.00 e. The summed E-state index contributed by atoms with van der Waals surface area (Å²) in [6.07, 6.45) is 2.29. The van der Waals surface area contributed by atoms with E-state index in [-0.39, 0.29) is 36.4 Å². The maximum atomic E-state index is 5.64. The third-order valence-electron chi connectivity index (χ3n) is 2.04. The molecule has 1 N–H and O–H groups in total. The number of hydrogen-bond acceptors (Lipinski definition) is 1. The van der Waals surface area contributed by atoms with Crippen LogP contribution in [0.3, 0.4) is 0 Å². The first-order valence-corrected chi connectivity index (χ1v) is 5.59. The highest BCUT2D eigenvalue weighted by molar-refractivity contribution is 6.17. The SMILES string of the molecule is CC(CCCl)NCCC[N+](C)(C)C.Cl.[I-]. The van der Waals surface area contributed by atoms with Gasteiger partial charge in [-0.15, -0.1) is 24.0 Å². The quantitative estimate of drug-likeness (QED) is 0.265. The Labute approximate surface area is 123 Å². The largest absolute Gasteiger partial charge is 1.00 e. The zero-order valence-electron chi connectivity index (χ0n) is 10.2. The molecule has 0 fully saturated rings. The van der Waals surface area contributed by atoms with Crippen LogP contribution >= 0.6 is 24.0 Å². The van der Waals surface area contributed by atoms with Gasteiger partial charge in [0.15, 0.2) is 0 Å². The summed E-state index contributed by atoms with van der Waals surface area (Å²) in [7, 11) is 6.67. The second-order valence-corrected chi connectivity index (χ2v) is 5.08. The Balaban J connectivity index is -0.000000720. The molecule has 2 nitrogen and oxygen atoms in total. The molecule has 0 saturated heterocycles. The monoisotopic (exact) mass is 370 g/mol. The lowest BCUT2D eigenvalue weighted by molar-refractivity contribution is -0.870. The number of nitrogens with one attached hydrogen (secondary N) is 1. The first-order chi connectivity index (χ1) is 5.95. The molecule has 0 radical (unpaired) electrons. The average Bonchev–Trinajstić information content (AvgIpc) is 1.97. The fourth-order valence-corrected chi connectivity index (χ4v) is 1.49. The molecular formula is C10H25Cl2IN2. The van der Waals surface area contributed by atoms with Gasteiger partial charge in [-0.3, -0.25) is 0 Å². The predicted octanol–water partition coefficient (Wildman–Crippen LogP) is -0.884. The molecule has 1 unspecified atom stereocenters. The van der Waals surface area contributed by atoms with Gasteiger partial charge in [0.1, 0.15) is 0 Å².